The quantitative estimate of drug-likeness (QED) is 0.736. The minimum atomic E-state index is -3.86. The molecule has 3 aromatic rings. The molecule has 0 aliphatic heterocycles. The van der Waals surface area contributed by atoms with Crippen molar-refractivity contribution in [1.82, 2.24) is 9.36 Å². The van der Waals surface area contributed by atoms with Crippen LogP contribution in [0.1, 0.15) is 23.2 Å². The summed E-state index contributed by atoms with van der Waals surface area (Å²) in [4.78, 5) is 4.17. The molecule has 26 heavy (non-hydrogen) atoms. The molecule has 0 amide bonds. The molecule has 1 fully saturated rings. The molecule has 134 valence electrons. The molecular weight excluding hydrogens is 380 g/mol. The summed E-state index contributed by atoms with van der Waals surface area (Å²) in [7, 11) is -3.86. The standard InChI is InChI=1S/C17H13F2N3O2S2/c18-17(19)13(10-6-8-12(9-7-10)26(20,23)24)14(17)15-21-16(25-22-15)11-4-2-1-3-5-11/h1-9,13-14H,(H2,20,23,24)/t13-,14+/m1/s1. The number of rotatable bonds is 4. The Kier molecular flexibility index (Phi) is 3.90. The monoisotopic (exact) mass is 393 g/mol. The molecule has 2 atom stereocenters. The number of alkyl halides is 2. The van der Waals surface area contributed by atoms with E-state index in [1.807, 2.05) is 30.3 Å². The van der Waals surface area contributed by atoms with Gasteiger partial charge in [-0.05, 0) is 29.2 Å². The maximum Gasteiger partial charge on any atom is 0.266 e. The number of hydrogen-bond acceptors (Lipinski definition) is 5. The minimum absolute atomic E-state index is 0.111. The number of sulfonamides is 1. The first kappa shape index (κ1) is 17.2. The molecule has 1 aliphatic carbocycles. The number of aromatic nitrogens is 2. The van der Waals surface area contributed by atoms with Crippen molar-refractivity contribution in [2.24, 2.45) is 5.14 Å². The molecule has 0 saturated heterocycles. The Morgan fingerprint density at radius 3 is 2.27 bits per heavy atom. The van der Waals surface area contributed by atoms with Gasteiger partial charge in [0.1, 0.15) is 5.01 Å². The van der Waals surface area contributed by atoms with Crippen LogP contribution in [0.25, 0.3) is 10.6 Å². The lowest BCUT2D eigenvalue weighted by atomic mass is 10.1. The van der Waals surface area contributed by atoms with Gasteiger partial charge in [0.2, 0.25) is 10.0 Å². The highest BCUT2D eigenvalue weighted by atomic mass is 32.2. The smallest absolute Gasteiger partial charge is 0.225 e. The van der Waals surface area contributed by atoms with Crippen LogP contribution in [0, 0.1) is 0 Å². The van der Waals surface area contributed by atoms with Gasteiger partial charge in [-0.25, -0.2) is 27.3 Å². The predicted molar refractivity (Wildman–Crippen MR) is 93.6 cm³/mol. The van der Waals surface area contributed by atoms with Gasteiger partial charge in [-0.3, -0.25) is 0 Å². The minimum Gasteiger partial charge on any atom is -0.225 e. The van der Waals surface area contributed by atoms with Gasteiger partial charge < -0.3 is 0 Å². The summed E-state index contributed by atoms with van der Waals surface area (Å²) in [5, 5.41) is 5.62. The zero-order valence-electron chi connectivity index (χ0n) is 13.2. The fraction of sp³-hybridized carbons (Fsp3) is 0.176. The van der Waals surface area contributed by atoms with E-state index >= 15 is 0 Å². The first-order valence-electron chi connectivity index (χ1n) is 7.68. The van der Waals surface area contributed by atoms with E-state index in [4.69, 9.17) is 5.14 Å². The van der Waals surface area contributed by atoms with Crippen molar-refractivity contribution in [3.05, 3.63) is 66.0 Å². The zero-order chi connectivity index (χ0) is 18.5. The molecule has 0 radical (unpaired) electrons. The van der Waals surface area contributed by atoms with Crippen LogP contribution in [0.2, 0.25) is 0 Å². The third kappa shape index (κ3) is 2.91. The van der Waals surface area contributed by atoms with Crippen LogP contribution in [-0.4, -0.2) is 23.7 Å². The second-order valence-electron chi connectivity index (χ2n) is 6.07. The largest absolute Gasteiger partial charge is 0.266 e. The molecule has 1 saturated carbocycles. The first-order chi connectivity index (χ1) is 12.3. The number of nitrogens with two attached hydrogens (primary N) is 1. The second-order valence-corrected chi connectivity index (χ2v) is 8.38. The van der Waals surface area contributed by atoms with Crippen molar-refractivity contribution in [3.8, 4) is 10.6 Å². The van der Waals surface area contributed by atoms with Gasteiger partial charge in [-0.15, -0.1) is 0 Å². The van der Waals surface area contributed by atoms with E-state index in [0.29, 0.717) is 10.6 Å². The molecule has 1 aromatic heterocycles. The normalized spacial score (nSPS) is 21.5. The lowest BCUT2D eigenvalue weighted by Gasteiger charge is -2.01. The Labute approximate surface area is 152 Å². The predicted octanol–water partition coefficient (Wildman–Crippen LogP) is 3.37. The van der Waals surface area contributed by atoms with E-state index < -0.39 is 27.8 Å². The van der Waals surface area contributed by atoms with Gasteiger partial charge in [0.15, 0.2) is 5.82 Å². The van der Waals surface area contributed by atoms with Gasteiger partial charge in [-0.1, -0.05) is 42.5 Å². The number of hydrogen-bond donors (Lipinski definition) is 1. The van der Waals surface area contributed by atoms with Crippen LogP contribution in [0.3, 0.4) is 0 Å². The average Bonchev–Trinajstić information content (AvgIpc) is 2.95. The fourth-order valence-electron chi connectivity index (χ4n) is 2.99. The molecule has 2 aromatic carbocycles. The molecule has 1 aliphatic rings. The highest BCUT2D eigenvalue weighted by molar-refractivity contribution is 7.89. The topological polar surface area (TPSA) is 85.9 Å². The van der Waals surface area contributed by atoms with Crippen molar-refractivity contribution in [2.45, 2.75) is 22.7 Å². The highest BCUT2D eigenvalue weighted by Crippen LogP contribution is 2.66. The van der Waals surface area contributed by atoms with E-state index in [1.165, 1.54) is 24.3 Å². The zero-order valence-corrected chi connectivity index (χ0v) is 14.8. The Hall–Kier alpha value is -2.23. The number of nitrogens with zero attached hydrogens (tertiary/aromatic N) is 2. The molecule has 4 rings (SSSR count). The van der Waals surface area contributed by atoms with E-state index in [9.17, 15) is 17.2 Å². The van der Waals surface area contributed by atoms with Crippen molar-refractivity contribution in [1.29, 1.82) is 0 Å². The maximum atomic E-state index is 14.4. The van der Waals surface area contributed by atoms with E-state index in [-0.39, 0.29) is 10.7 Å². The lowest BCUT2D eigenvalue weighted by molar-refractivity contribution is 0.104. The highest BCUT2D eigenvalue weighted by Gasteiger charge is 2.71. The summed E-state index contributed by atoms with van der Waals surface area (Å²) in [6.07, 6.45) is 0. The molecule has 0 unspecified atom stereocenters. The van der Waals surface area contributed by atoms with E-state index in [2.05, 4.69) is 9.36 Å². The summed E-state index contributed by atoms with van der Waals surface area (Å²) >= 11 is 1.08. The summed E-state index contributed by atoms with van der Waals surface area (Å²) < 4.78 is 55.4. The van der Waals surface area contributed by atoms with Gasteiger partial charge in [0, 0.05) is 5.56 Å². The van der Waals surface area contributed by atoms with Gasteiger partial charge in [0.05, 0.1) is 16.7 Å². The van der Waals surface area contributed by atoms with Crippen LogP contribution >= 0.6 is 11.5 Å². The number of primary sulfonamides is 1. The van der Waals surface area contributed by atoms with Crippen LogP contribution in [-0.2, 0) is 10.0 Å². The van der Waals surface area contributed by atoms with Crippen LogP contribution in [0.4, 0.5) is 8.78 Å². The molecule has 1 heterocycles. The van der Waals surface area contributed by atoms with Gasteiger partial charge in [-0.2, -0.15) is 4.37 Å². The summed E-state index contributed by atoms with van der Waals surface area (Å²) in [5.74, 6) is -5.05. The number of benzene rings is 2. The molecular formula is C17H13F2N3O2S2. The van der Waals surface area contributed by atoms with E-state index in [1.54, 1.807) is 0 Å². The molecule has 2 N–H and O–H groups in total. The molecule has 9 heteroatoms. The van der Waals surface area contributed by atoms with Crippen molar-refractivity contribution in [3.63, 3.8) is 0 Å². The number of halogens is 2. The third-order valence-electron chi connectivity index (χ3n) is 4.36. The van der Waals surface area contributed by atoms with Crippen LogP contribution in [0.15, 0.2) is 59.5 Å². The Morgan fingerprint density at radius 2 is 1.65 bits per heavy atom. The van der Waals surface area contributed by atoms with Gasteiger partial charge in [0.25, 0.3) is 5.92 Å². The van der Waals surface area contributed by atoms with Crippen LogP contribution in [0.5, 0.6) is 0 Å². The van der Waals surface area contributed by atoms with Gasteiger partial charge >= 0.3 is 0 Å². The summed E-state index contributed by atoms with van der Waals surface area (Å²) in [6, 6.07) is 14.4. The second kappa shape index (κ2) is 5.90. The molecule has 0 spiro atoms. The SMILES string of the molecule is NS(=O)(=O)c1ccc([C@@H]2[C@@H](c3nsc(-c4ccccc4)n3)C2(F)F)cc1. The Balaban J connectivity index is 1.62. The third-order valence-corrected chi connectivity index (χ3v) is 6.07. The van der Waals surface area contributed by atoms with E-state index in [0.717, 1.165) is 17.1 Å². The average molecular weight is 393 g/mol. The fourth-order valence-corrected chi connectivity index (χ4v) is 4.21. The summed E-state index contributed by atoms with van der Waals surface area (Å²) in [6.45, 7) is 0. The lowest BCUT2D eigenvalue weighted by Crippen LogP contribution is -2.11. The molecule has 0 bridgehead atoms. The van der Waals surface area contributed by atoms with Crippen molar-refractivity contribution < 1.29 is 17.2 Å². The Morgan fingerprint density at radius 1 is 1.00 bits per heavy atom. The maximum absolute atomic E-state index is 14.4. The van der Waals surface area contributed by atoms with Crippen LogP contribution < -0.4 is 5.14 Å². The summed E-state index contributed by atoms with van der Waals surface area (Å²) in [5.41, 5.74) is 1.16. The van der Waals surface area contributed by atoms with Crippen molar-refractivity contribution >= 4 is 21.6 Å². The Bertz CT molecular complexity index is 1050. The first-order valence-corrected chi connectivity index (χ1v) is 10.00. The van der Waals surface area contributed by atoms with Crippen molar-refractivity contribution in [2.75, 3.05) is 0 Å². The molecule has 5 nitrogen and oxygen atoms in total.